The summed E-state index contributed by atoms with van der Waals surface area (Å²) in [4.78, 5) is 60.1. The van der Waals surface area contributed by atoms with Crippen LogP contribution in [-0.2, 0) is 30.4 Å². The van der Waals surface area contributed by atoms with Gasteiger partial charge in [-0.05, 0) is 23.6 Å². The minimum Gasteiger partial charge on any atom is -0.508 e. The van der Waals surface area contributed by atoms with E-state index < -0.39 is 72.8 Å². The predicted molar refractivity (Wildman–Crippen MR) is 122 cm³/mol. The number of benzene rings is 1. The maximum Gasteiger partial charge on any atom is 0.326 e. The molecule has 35 heavy (non-hydrogen) atoms. The first-order valence-electron chi connectivity index (χ1n) is 10.9. The number of carbonyl (C=O) groups is 5. The molecule has 13 nitrogen and oxygen atoms in total. The minimum absolute atomic E-state index is 0.0143. The molecule has 1 aromatic rings. The molecule has 1 aromatic carbocycles. The lowest BCUT2D eigenvalue weighted by atomic mass is 9.97. The first kappa shape index (κ1) is 29.3. The van der Waals surface area contributed by atoms with Gasteiger partial charge < -0.3 is 42.1 Å². The van der Waals surface area contributed by atoms with Crippen LogP contribution in [0.2, 0.25) is 0 Å². The number of carboxylic acid groups (broad SMARTS) is 2. The van der Waals surface area contributed by atoms with E-state index in [1.54, 1.807) is 13.8 Å². The number of aliphatic hydroxyl groups is 1. The Labute approximate surface area is 201 Å². The number of phenols is 1. The Bertz CT molecular complexity index is 907. The van der Waals surface area contributed by atoms with E-state index in [4.69, 9.17) is 10.8 Å². The molecule has 0 aliphatic rings. The van der Waals surface area contributed by atoms with Gasteiger partial charge in [0.1, 0.15) is 23.9 Å². The van der Waals surface area contributed by atoms with Crippen LogP contribution < -0.4 is 21.7 Å². The summed E-state index contributed by atoms with van der Waals surface area (Å²) in [6.07, 6.45) is -0.351. The fourth-order valence-corrected chi connectivity index (χ4v) is 3.04. The zero-order valence-electron chi connectivity index (χ0n) is 19.4. The zero-order valence-corrected chi connectivity index (χ0v) is 19.4. The third-order valence-electron chi connectivity index (χ3n) is 5.33. The van der Waals surface area contributed by atoms with Crippen molar-refractivity contribution in [3.8, 4) is 5.75 Å². The Hall–Kier alpha value is -3.71. The number of rotatable bonds is 14. The van der Waals surface area contributed by atoms with E-state index in [-0.39, 0.29) is 12.2 Å². The summed E-state index contributed by atoms with van der Waals surface area (Å²) in [6, 6.07) is 0.171. The lowest BCUT2D eigenvalue weighted by Gasteiger charge is -2.27. The molecule has 0 heterocycles. The molecule has 0 fully saturated rings. The quantitative estimate of drug-likeness (QED) is 0.146. The van der Waals surface area contributed by atoms with Crippen molar-refractivity contribution in [1.82, 2.24) is 16.0 Å². The number of hydrogen-bond acceptors (Lipinski definition) is 8. The van der Waals surface area contributed by atoms with E-state index in [2.05, 4.69) is 16.0 Å². The van der Waals surface area contributed by atoms with Crippen LogP contribution in [0.25, 0.3) is 0 Å². The highest BCUT2D eigenvalue weighted by Gasteiger charge is 2.32. The smallest absolute Gasteiger partial charge is 0.326 e. The van der Waals surface area contributed by atoms with Crippen LogP contribution in [0.1, 0.15) is 32.3 Å². The number of hydrogen-bond donors (Lipinski definition) is 8. The average molecular weight is 497 g/mol. The number of aliphatic hydroxyl groups excluding tert-OH is 1. The summed E-state index contributed by atoms with van der Waals surface area (Å²) in [6.45, 7) is 2.52. The molecule has 0 aliphatic heterocycles. The number of carboxylic acids is 2. The SMILES string of the molecule is CCC(C)C(NC(=O)C(N)CC(=O)O)C(=O)NC(CO)C(=O)NC(Cc1ccc(O)cc1)C(=O)O. The zero-order chi connectivity index (χ0) is 26.7. The van der Waals surface area contributed by atoms with E-state index in [1.807, 2.05) is 0 Å². The van der Waals surface area contributed by atoms with E-state index in [9.17, 15) is 39.3 Å². The number of phenolic OH excluding ortho intramolecular Hbond substituents is 1. The van der Waals surface area contributed by atoms with E-state index >= 15 is 0 Å². The molecule has 5 unspecified atom stereocenters. The summed E-state index contributed by atoms with van der Waals surface area (Å²) >= 11 is 0. The van der Waals surface area contributed by atoms with Gasteiger partial charge in [0.05, 0.1) is 19.1 Å². The first-order valence-corrected chi connectivity index (χ1v) is 10.9. The van der Waals surface area contributed by atoms with Gasteiger partial charge in [-0.1, -0.05) is 32.4 Å². The number of aromatic hydroxyl groups is 1. The topological polar surface area (TPSA) is 228 Å². The van der Waals surface area contributed by atoms with Crippen molar-refractivity contribution in [1.29, 1.82) is 0 Å². The van der Waals surface area contributed by atoms with Crippen molar-refractivity contribution in [2.24, 2.45) is 11.7 Å². The summed E-state index contributed by atoms with van der Waals surface area (Å²) in [5.41, 5.74) is 6.05. The van der Waals surface area contributed by atoms with Crippen molar-refractivity contribution in [3.63, 3.8) is 0 Å². The Morgan fingerprint density at radius 1 is 0.914 bits per heavy atom. The van der Waals surface area contributed by atoms with Crippen LogP contribution >= 0.6 is 0 Å². The molecular weight excluding hydrogens is 464 g/mol. The highest BCUT2D eigenvalue weighted by molar-refractivity contribution is 5.95. The first-order chi connectivity index (χ1) is 16.4. The van der Waals surface area contributed by atoms with Gasteiger partial charge >= 0.3 is 11.9 Å². The molecule has 0 aliphatic carbocycles. The Morgan fingerprint density at radius 2 is 1.49 bits per heavy atom. The Kier molecular flexibility index (Phi) is 11.6. The third kappa shape index (κ3) is 9.59. The van der Waals surface area contributed by atoms with E-state index in [0.717, 1.165) is 0 Å². The maximum atomic E-state index is 12.8. The number of amides is 3. The van der Waals surface area contributed by atoms with E-state index in [1.165, 1.54) is 24.3 Å². The standard InChI is InChI=1S/C22H32N4O9/c1-3-11(2)18(26-19(31)14(23)9-17(29)30)21(33)25-16(10-27)20(32)24-15(22(34)35)8-12-4-6-13(28)7-5-12/h4-7,11,14-16,18,27-28H,3,8-10,23H2,1-2H3,(H,24,32)(H,25,33)(H,26,31)(H,29,30)(H,34,35). The van der Waals surface area contributed by atoms with Crippen molar-refractivity contribution < 1.29 is 44.4 Å². The van der Waals surface area contributed by atoms with Crippen molar-refractivity contribution in [2.75, 3.05) is 6.61 Å². The molecule has 0 saturated heterocycles. The molecule has 0 spiro atoms. The lowest BCUT2D eigenvalue weighted by Crippen LogP contribution is -2.59. The van der Waals surface area contributed by atoms with Gasteiger partial charge in [-0.2, -0.15) is 0 Å². The van der Waals surface area contributed by atoms with Gasteiger partial charge in [0.2, 0.25) is 17.7 Å². The normalized spacial score (nSPS) is 15.1. The second kappa shape index (κ2) is 13.9. The van der Waals surface area contributed by atoms with E-state index in [0.29, 0.717) is 12.0 Å². The minimum atomic E-state index is -1.53. The van der Waals surface area contributed by atoms with Gasteiger partial charge in [0, 0.05) is 6.42 Å². The van der Waals surface area contributed by atoms with Gasteiger partial charge in [-0.15, -0.1) is 0 Å². The molecule has 13 heteroatoms. The molecular formula is C22H32N4O9. The maximum absolute atomic E-state index is 12.8. The molecule has 1 rings (SSSR count). The van der Waals surface area contributed by atoms with Gasteiger partial charge in [0.25, 0.3) is 0 Å². The Morgan fingerprint density at radius 3 is 1.97 bits per heavy atom. The average Bonchev–Trinajstić information content (AvgIpc) is 2.80. The monoisotopic (exact) mass is 496 g/mol. The Balaban J connectivity index is 2.91. The highest BCUT2D eigenvalue weighted by atomic mass is 16.4. The number of nitrogens with two attached hydrogens (primary N) is 1. The van der Waals surface area contributed by atoms with Crippen LogP contribution in [0.4, 0.5) is 0 Å². The molecule has 5 atom stereocenters. The second-order valence-corrected chi connectivity index (χ2v) is 8.09. The fraction of sp³-hybridized carbons (Fsp3) is 0.500. The fourth-order valence-electron chi connectivity index (χ4n) is 3.04. The van der Waals surface area contributed by atoms with Crippen LogP contribution in [0, 0.1) is 5.92 Å². The molecule has 0 radical (unpaired) electrons. The highest BCUT2D eigenvalue weighted by Crippen LogP contribution is 2.12. The summed E-state index contributed by atoms with van der Waals surface area (Å²) < 4.78 is 0. The van der Waals surface area contributed by atoms with Crippen molar-refractivity contribution in [3.05, 3.63) is 29.8 Å². The predicted octanol–water partition coefficient (Wildman–Crippen LogP) is -1.69. The van der Waals surface area contributed by atoms with Crippen LogP contribution in [-0.4, -0.2) is 80.9 Å². The van der Waals surface area contributed by atoms with Crippen molar-refractivity contribution in [2.45, 2.75) is 57.3 Å². The molecule has 3 amide bonds. The van der Waals surface area contributed by atoms with Crippen LogP contribution in [0.5, 0.6) is 5.75 Å². The van der Waals surface area contributed by atoms with Gasteiger partial charge in [0.15, 0.2) is 0 Å². The molecule has 194 valence electrons. The van der Waals surface area contributed by atoms with Crippen LogP contribution in [0.15, 0.2) is 24.3 Å². The summed E-state index contributed by atoms with van der Waals surface area (Å²) in [5.74, 6) is -5.79. The van der Waals surface area contributed by atoms with Gasteiger partial charge in [-0.3, -0.25) is 19.2 Å². The second-order valence-electron chi connectivity index (χ2n) is 8.09. The third-order valence-corrected chi connectivity index (χ3v) is 5.33. The number of aliphatic carboxylic acids is 2. The van der Waals surface area contributed by atoms with Crippen LogP contribution in [0.3, 0.4) is 0 Å². The number of carbonyl (C=O) groups excluding carboxylic acids is 3. The molecule has 9 N–H and O–H groups in total. The molecule has 0 bridgehead atoms. The summed E-state index contributed by atoms with van der Waals surface area (Å²) in [5, 5.41) is 44.2. The summed E-state index contributed by atoms with van der Waals surface area (Å²) in [7, 11) is 0. The van der Waals surface area contributed by atoms with Gasteiger partial charge in [-0.25, -0.2) is 4.79 Å². The molecule has 0 aromatic heterocycles. The van der Waals surface area contributed by atoms with Crippen molar-refractivity contribution >= 4 is 29.7 Å². The molecule has 0 saturated carbocycles. The lowest BCUT2D eigenvalue weighted by molar-refractivity contribution is -0.142. The largest absolute Gasteiger partial charge is 0.508 e. The number of nitrogens with one attached hydrogen (secondary N) is 3.